The number of alkyl halides is 1. The van der Waals surface area contributed by atoms with E-state index in [2.05, 4.69) is 20.9 Å². The molecule has 0 saturated heterocycles. The number of hydrogen-bond donors (Lipinski definition) is 0. The van der Waals surface area contributed by atoms with Crippen LogP contribution in [0.2, 0.25) is 0 Å². The van der Waals surface area contributed by atoms with Crippen LogP contribution in [0.4, 0.5) is 0 Å². The summed E-state index contributed by atoms with van der Waals surface area (Å²) in [5.41, 5.74) is 1.08. The summed E-state index contributed by atoms with van der Waals surface area (Å²) in [4.78, 5) is 4.05. The summed E-state index contributed by atoms with van der Waals surface area (Å²) in [5, 5.41) is 0.841. The monoisotopic (exact) mass is 251 g/mol. The highest BCUT2D eigenvalue weighted by atomic mass is 79.9. The first-order valence-electron chi connectivity index (χ1n) is 2.39. The smallest absolute Gasteiger partial charge is 0.0509 e. The normalized spacial score (nSPS) is 8.11. The Kier molecular flexibility index (Phi) is 5.00. The van der Waals surface area contributed by atoms with Crippen LogP contribution in [0.25, 0.3) is 0 Å². The van der Waals surface area contributed by atoms with Gasteiger partial charge in [-0.25, -0.2) is 0 Å². The van der Waals surface area contributed by atoms with Crippen molar-refractivity contribution in [3.63, 3.8) is 0 Å². The predicted molar refractivity (Wildman–Crippen MR) is 47.2 cm³/mol. The van der Waals surface area contributed by atoms with E-state index in [9.17, 15) is 0 Å². The van der Waals surface area contributed by atoms with E-state index in [-0.39, 0.29) is 17.0 Å². The van der Waals surface area contributed by atoms with Crippen molar-refractivity contribution in [1.29, 1.82) is 0 Å². The quantitative estimate of drug-likeness (QED) is 0.701. The van der Waals surface area contributed by atoms with E-state index in [1.165, 1.54) is 0 Å². The Morgan fingerprint density at radius 2 is 2.22 bits per heavy atom. The summed E-state index contributed by atoms with van der Waals surface area (Å²) in [7, 11) is 0. The SMILES string of the molecule is Br.BrCc1ccccn1. The lowest BCUT2D eigenvalue weighted by atomic mass is 10.4. The number of aromatic nitrogens is 1. The first-order valence-corrected chi connectivity index (χ1v) is 3.51. The van der Waals surface area contributed by atoms with E-state index in [1.54, 1.807) is 6.20 Å². The van der Waals surface area contributed by atoms with Gasteiger partial charge in [-0.1, -0.05) is 22.0 Å². The van der Waals surface area contributed by atoms with Gasteiger partial charge in [0.15, 0.2) is 0 Å². The molecule has 0 aromatic carbocycles. The Bertz CT molecular complexity index is 152. The van der Waals surface area contributed by atoms with Crippen molar-refractivity contribution in [3.05, 3.63) is 30.1 Å². The Balaban J connectivity index is 0.000000640. The lowest BCUT2D eigenvalue weighted by Gasteiger charge is -1.87. The lowest BCUT2D eigenvalue weighted by Crippen LogP contribution is -1.78. The standard InChI is InChI=1S/C6H6BrN.BrH/c7-5-6-3-1-2-4-8-6;/h1-4H,5H2;1H. The molecule has 0 saturated carbocycles. The van der Waals surface area contributed by atoms with Crippen molar-refractivity contribution in [2.75, 3.05) is 0 Å². The highest BCUT2D eigenvalue weighted by Crippen LogP contribution is 1.97. The molecular formula is C6H7Br2N. The largest absolute Gasteiger partial charge is 0.260 e. The molecule has 9 heavy (non-hydrogen) atoms. The summed E-state index contributed by atoms with van der Waals surface area (Å²) < 4.78 is 0. The molecule has 50 valence electrons. The topological polar surface area (TPSA) is 12.9 Å². The van der Waals surface area contributed by atoms with E-state index < -0.39 is 0 Å². The van der Waals surface area contributed by atoms with Gasteiger partial charge in [0.1, 0.15) is 0 Å². The van der Waals surface area contributed by atoms with E-state index in [0.29, 0.717) is 0 Å². The van der Waals surface area contributed by atoms with E-state index in [0.717, 1.165) is 11.0 Å². The van der Waals surface area contributed by atoms with Gasteiger partial charge in [0, 0.05) is 11.5 Å². The molecular weight excluding hydrogens is 246 g/mol. The zero-order valence-electron chi connectivity index (χ0n) is 4.75. The summed E-state index contributed by atoms with van der Waals surface area (Å²) in [5.74, 6) is 0. The fourth-order valence-electron chi connectivity index (χ4n) is 0.477. The van der Waals surface area contributed by atoms with Crippen molar-refractivity contribution in [2.24, 2.45) is 0 Å². The Morgan fingerprint density at radius 3 is 2.56 bits per heavy atom. The molecule has 1 rings (SSSR count). The zero-order chi connectivity index (χ0) is 5.82. The molecule has 0 radical (unpaired) electrons. The number of pyridine rings is 1. The average molecular weight is 253 g/mol. The van der Waals surface area contributed by atoms with Crippen molar-refractivity contribution in [2.45, 2.75) is 5.33 Å². The van der Waals surface area contributed by atoms with E-state index >= 15 is 0 Å². The number of nitrogens with zero attached hydrogens (tertiary/aromatic N) is 1. The number of hydrogen-bond acceptors (Lipinski definition) is 1. The second-order valence-corrected chi connectivity index (χ2v) is 2.02. The van der Waals surface area contributed by atoms with Gasteiger partial charge < -0.3 is 0 Å². The highest BCUT2D eigenvalue weighted by Gasteiger charge is 1.83. The van der Waals surface area contributed by atoms with Crippen molar-refractivity contribution in [3.8, 4) is 0 Å². The van der Waals surface area contributed by atoms with Gasteiger partial charge in [-0.3, -0.25) is 4.98 Å². The minimum atomic E-state index is 0. The summed E-state index contributed by atoms with van der Waals surface area (Å²) in [6.07, 6.45) is 1.79. The second-order valence-electron chi connectivity index (χ2n) is 1.45. The minimum Gasteiger partial charge on any atom is -0.260 e. The second kappa shape index (κ2) is 4.94. The molecule has 0 N–H and O–H groups in total. The molecule has 0 bridgehead atoms. The van der Waals surface area contributed by atoms with Crippen LogP contribution in [-0.4, -0.2) is 4.98 Å². The molecule has 0 aliphatic heterocycles. The molecule has 0 spiro atoms. The first-order chi connectivity index (χ1) is 3.93. The van der Waals surface area contributed by atoms with Gasteiger partial charge in [0.2, 0.25) is 0 Å². The summed E-state index contributed by atoms with van der Waals surface area (Å²) in [6.45, 7) is 0. The predicted octanol–water partition coefficient (Wildman–Crippen LogP) is 2.55. The van der Waals surface area contributed by atoms with Crippen molar-refractivity contribution in [1.82, 2.24) is 4.98 Å². The van der Waals surface area contributed by atoms with Gasteiger partial charge >= 0.3 is 0 Å². The maximum atomic E-state index is 4.05. The van der Waals surface area contributed by atoms with Crippen LogP contribution in [0.15, 0.2) is 24.4 Å². The lowest BCUT2D eigenvalue weighted by molar-refractivity contribution is 1.19. The third-order valence-corrected chi connectivity index (χ3v) is 1.44. The maximum Gasteiger partial charge on any atom is 0.0509 e. The fraction of sp³-hybridized carbons (Fsp3) is 0.167. The summed E-state index contributed by atoms with van der Waals surface area (Å²) in [6, 6.07) is 5.87. The van der Waals surface area contributed by atoms with Gasteiger partial charge in [0.05, 0.1) is 5.69 Å². The van der Waals surface area contributed by atoms with Crippen LogP contribution in [0.1, 0.15) is 5.69 Å². The van der Waals surface area contributed by atoms with E-state index in [1.807, 2.05) is 18.2 Å². The van der Waals surface area contributed by atoms with Crippen molar-refractivity contribution >= 4 is 32.9 Å². The van der Waals surface area contributed by atoms with Crippen LogP contribution < -0.4 is 0 Å². The molecule has 1 aromatic rings. The molecule has 1 nitrogen and oxygen atoms in total. The van der Waals surface area contributed by atoms with Crippen LogP contribution >= 0.6 is 32.9 Å². The van der Waals surface area contributed by atoms with Gasteiger partial charge in [-0.2, -0.15) is 0 Å². The Labute approximate surface area is 73.4 Å². The highest BCUT2D eigenvalue weighted by molar-refractivity contribution is 9.08. The molecule has 1 aromatic heterocycles. The van der Waals surface area contributed by atoms with Gasteiger partial charge in [-0.05, 0) is 12.1 Å². The Hall–Kier alpha value is 0.110. The molecule has 0 aliphatic carbocycles. The third kappa shape index (κ3) is 2.96. The van der Waals surface area contributed by atoms with Gasteiger partial charge in [-0.15, -0.1) is 17.0 Å². The van der Waals surface area contributed by atoms with Crippen LogP contribution in [-0.2, 0) is 5.33 Å². The molecule has 0 amide bonds. The van der Waals surface area contributed by atoms with Crippen LogP contribution in [0, 0.1) is 0 Å². The Morgan fingerprint density at radius 1 is 1.44 bits per heavy atom. The molecule has 0 unspecified atom stereocenters. The van der Waals surface area contributed by atoms with Crippen LogP contribution in [0.5, 0.6) is 0 Å². The fourth-order valence-corrected chi connectivity index (χ4v) is 0.809. The third-order valence-electron chi connectivity index (χ3n) is 0.863. The first kappa shape index (κ1) is 9.11. The molecule has 0 atom stereocenters. The van der Waals surface area contributed by atoms with Crippen LogP contribution in [0.3, 0.4) is 0 Å². The number of halogens is 2. The average Bonchev–Trinajstić information content (AvgIpc) is 1.90. The van der Waals surface area contributed by atoms with E-state index in [4.69, 9.17) is 0 Å². The maximum absolute atomic E-state index is 4.05. The molecule has 0 fully saturated rings. The van der Waals surface area contributed by atoms with Crippen molar-refractivity contribution < 1.29 is 0 Å². The summed E-state index contributed by atoms with van der Waals surface area (Å²) >= 11 is 3.29. The molecule has 3 heteroatoms. The number of rotatable bonds is 1. The zero-order valence-corrected chi connectivity index (χ0v) is 8.05. The molecule has 0 aliphatic rings. The minimum absolute atomic E-state index is 0. The van der Waals surface area contributed by atoms with Gasteiger partial charge in [0.25, 0.3) is 0 Å². The molecule has 1 heterocycles.